The first kappa shape index (κ1) is 14.1. The lowest BCUT2D eigenvalue weighted by molar-refractivity contribution is -0.0522. The predicted octanol–water partition coefficient (Wildman–Crippen LogP) is 6.00. The molecule has 0 N–H and O–H groups in total. The second-order valence-corrected chi connectivity index (χ2v) is 8.89. The van der Waals surface area contributed by atoms with Gasteiger partial charge in [0, 0.05) is 0 Å². The van der Waals surface area contributed by atoms with Gasteiger partial charge in [-0.05, 0) is 98.7 Å². The molecule has 0 radical (unpaired) electrons. The topological polar surface area (TPSA) is 0 Å². The Kier molecular flexibility index (Phi) is 3.36. The summed E-state index contributed by atoms with van der Waals surface area (Å²) in [6, 6.07) is 0. The van der Waals surface area contributed by atoms with Crippen LogP contribution in [0.25, 0.3) is 0 Å². The lowest BCUT2D eigenvalue weighted by Crippen LogP contribution is -2.47. The van der Waals surface area contributed by atoms with Gasteiger partial charge in [-0.2, -0.15) is 0 Å². The molecular formula is C21H32. The van der Waals surface area contributed by atoms with Crippen molar-refractivity contribution in [2.24, 2.45) is 40.9 Å². The van der Waals surface area contributed by atoms with Crippen molar-refractivity contribution < 1.29 is 0 Å². The SMILES string of the molecule is C=CC1CCC2C3CCC4CC(=C)CCC4C3CCC12C. The number of allylic oxidation sites excluding steroid dienone is 2. The summed E-state index contributed by atoms with van der Waals surface area (Å²) < 4.78 is 0. The quantitative estimate of drug-likeness (QED) is 0.518. The second-order valence-electron chi connectivity index (χ2n) is 8.89. The Morgan fingerprint density at radius 2 is 1.86 bits per heavy atom. The van der Waals surface area contributed by atoms with Crippen molar-refractivity contribution in [2.75, 3.05) is 0 Å². The van der Waals surface area contributed by atoms with Crippen LogP contribution in [0.5, 0.6) is 0 Å². The maximum absolute atomic E-state index is 4.28. The zero-order valence-corrected chi connectivity index (χ0v) is 13.8. The van der Waals surface area contributed by atoms with Crippen LogP contribution in [0, 0.1) is 40.9 Å². The molecule has 0 aliphatic heterocycles. The number of rotatable bonds is 1. The van der Waals surface area contributed by atoms with Crippen LogP contribution in [-0.2, 0) is 0 Å². The molecule has 0 aromatic carbocycles. The number of hydrogen-bond donors (Lipinski definition) is 0. The lowest BCUT2D eigenvalue weighted by Gasteiger charge is -2.55. The van der Waals surface area contributed by atoms with Crippen LogP contribution in [0.1, 0.15) is 64.7 Å². The number of hydrogen-bond acceptors (Lipinski definition) is 0. The van der Waals surface area contributed by atoms with Crippen molar-refractivity contribution in [3.8, 4) is 0 Å². The van der Waals surface area contributed by atoms with Crippen LogP contribution in [-0.4, -0.2) is 0 Å². The highest BCUT2D eigenvalue weighted by atomic mass is 14.6. The Labute approximate surface area is 131 Å². The van der Waals surface area contributed by atoms with Crippen LogP contribution in [0.15, 0.2) is 24.8 Å². The highest BCUT2D eigenvalue weighted by Gasteiger charge is 2.55. The van der Waals surface area contributed by atoms with Gasteiger partial charge in [-0.1, -0.05) is 25.2 Å². The molecule has 7 atom stereocenters. The fraction of sp³-hybridized carbons (Fsp3) is 0.810. The third kappa shape index (κ3) is 2.01. The summed E-state index contributed by atoms with van der Waals surface area (Å²) in [5.74, 6) is 5.94. The third-order valence-corrected chi connectivity index (χ3v) is 8.26. The van der Waals surface area contributed by atoms with Crippen LogP contribution >= 0.6 is 0 Å². The summed E-state index contributed by atoms with van der Waals surface area (Å²) in [6.07, 6.45) is 15.3. The average molecular weight is 284 g/mol. The van der Waals surface area contributed by atoms with E-state index in [9.17, 15) is 0 Å². The fourth-order valence-corrected chi connectivity index (χ4v) is 7.21. The normalized spacial score (nSPS) is 52.7. The van der Waals surface area contributed by atoms with Crippen molar-refractivity contribution in [3.05, 3.63) is 24.8 Å². The van der Waals surface area contributed by atoms with E-state index >= 15 is 0 Å². The average Bonchev–Trinajstić information content (AvgIpc) is 2.83. The van der Waals surface area contributed by atoms with E-state index in [0.717, 1.165) is 35.5 Å². The first-order chi connectivity index (χ1) is 10.1. The van der Waals surface area contributed by atoms with E-state index in [0.29, 0.717) is 5.41 Å². The largest absolute Gasteiger partial charge is 0.103 e. The zero-order valence-electron chi connectivity index (χ0n) is 13.8. The van der Waals surface area contributed by atoms with E-state index in [1.807, 2.05) is 0 Å². The fourth-order valence-electron chi connectivity index (χ4n) is 7.21. The van der Waals surface area contributed by atoms with E-state index in [4.69, 9.17) is 0 Å². The molecule has 0 aromatic heterocycles. The molecule has 0 aromatic rings. The van der Waals surface area contributed by atoms with Crippen molar-refractivity contribution in [1.82, 2.24) is 0 Å². The van der Waals surface area contributed by atoms with Crippen molar-refractivity contribution in [1.29, 1.82) is 0 Å². The van der Waals surface area contributed by atoms with Gasteiger partial charge in [0.1, 0.15) is 0 Å². The first-order valence-corrected chi connectivity index (χ1v) is 9.42. The minimum absolute atomic E-state index is 0.591. The van der Waals surface area contributed by atoms with E-state index in [-0.39, 0.29) is 0 Å². The van der Waals surface area contributed by atoms with Gasteiger partial charge in [0.05, 0.1) is 0 Å². The Bertz CT molecular complexity index is 447. The van der Waals surface area contributed by atoms with E-state index in [1.54, 1.807) is 5.57 Å². The van der Waals surface area contributed by atoms with Crippen LogP contribution in [0.3, 0.4) is 0 Å². The lowest BCUT2D eigenvalue weighted by atomic mass is 9.49. The van der Waals surface area contributed by atoms with E-state index in [2.05, 4.69) is 26.2 Å². The van der Waals surface area contributed by atoms with Crippen molar-refractivity contribution in [3.63, 3.8) is 0 Å². The molecule has 0 amide bonds. The predicted molar refractivity (Wildman–Crippen MR) is 89.9 cm³/mol. The van der Waals surface area contributed by atoms with Gasteiger partial charge in [0.2, 0.25) is 0 Å². The summed E-state index contributed by atoms with van der Waals surface area (Å²) >= 11 is 0. The maximum Gasteiger partial charge on any atom is -0.0179 e. The summed E-state index contributed by atoms with van der Waals surface area (Å²) in [5.41, 5.74) is 2.14. The Hall–Kier alpha value is -0.520. The molecule has 4 fully saturated rings. The molecule has 0 heteroatoms. The molecule has 0 spiro atoms. The first-order valence-electron chi connectivity index (χ1n) is 9.42. The van der Waals surface area contributed by atoms with Gasteiger partial charge >= 0.3 is 0 Å². The summed E-state index contributed by atoms with van der Waals surface area (Å²) in [4.78, 5) is 0. The van der Waals surface area contributed by atoms with Gasteiger partial charge in [-0.25, -0.2) is 0 Å². The molecule has 4 saturated carbocycles. The minimum atomic E-state index is 0.591. The molecule has 0 saturated heterocycles. The summed E-state index contributed by atoms with van der Waals surface area (Å²) in [5, 5.41) is 0. The molecular weight excluding hydrogens is 252 g/mol. The van der Waals surface area contributed by atoms with Crippen molar-refractivity contribution in [2.45, 2.75) is 64.7 Å². The Balaban J connectivity index is 1.58. The van der Waals surface area contributed by atoms with E-state index in [1.165, 1.54) is 57.8 Å². The zero-order chi connectivity index (χ0) is 14.6. The molecule has 4 aliphatic rings. The third-order valence-electron chi connectivity index (χ3n) is 8.26. The molecule has 7 unspecified atom stereocenters. The van der Waals surface area contributed by atoms with Gasteiger partial charge in [0.25, 0.3) is 0 Å². The van der Waals surface area contributed by atoms with Crippen LogP contribution in [0.4, 0.5) is 0 Å². The van der Waals surface area contributed by atoms with E-state index < -0.39 is 0 Å². The molecule has 0 bridgehead atoms. The van der Waals surface area contributed by atoms with Gasteiger partial charge in [-0.3, -0.25) is 0 Å². The molecule has 21 heavy (non-hydrogen) atoms. The van der Waals surface area contributed by atoms with Gasteiger partial charge in [0.15, 0.2) is 0 Å². The Morgan fingerprint density at radius 3 is 2.67 bits per heavy atom. The standard InChI is InChI=1S/C21H32/c1-4-16-7-10-20-19-9-6-15-13-14(2)5-8-17(15)18(19)11-12-21(16,20)3/h4,15-20H,1-2,5-13H2,3H3. The highest BCUT2D eigenvalue weighted by molar-refractivity contribution is 5.11. The van der Waals surface area contributed by atoms with Crippen LogP contribution < -0.4 is 0 Å². The molecule has 4 rings (SSSR count). The monoisotopic (exact) mass is 284 g/mol. The molecule has 0 nitrogen and oxygen atoms in total. The molecule has 116 valence electrons. The molecule has 0 heterocycles. The summed E-state index contributed by atoms with van der Waals surface area (Å²) in [6.45, 7) is 11.0. The smallest absolute Gasteiger partial charge is 0.0179 e. The second kappa shape index (κ2) is 5.00. The van der Waals surface area contributed by atoms with Crippen LogP contribution in [0.2, 0.25) is 0 Å². The maximum atomic E-state index is 4.28. The molecule has 4 aliphatic carbocycles. The summed E-state index contributed by atoms with van der Waals surface area (Å²) in [7, 11) is 0. The van der Waals surface area contributed by atoms with Gasteiger partial charge in [-0.15, -0.1) is 6.58 Å². The Morgan fingerprint density at radius 1 is 1.00 bits per heavy atom. The van der Waals surface area contributed by atoms with Gasteiger partial charge < -0.3 is 0 Å². The highest BCUT2D eigenvalue weighted by Crippen LogP contribution is 2.64. The van der Waals surface area contributed by atoms with Crippen molar-refractivity contribution >= 4 is 0 Å². The number of fused-ring (bicyclic) bond motifs is 5. The minimum Gasteiger partial charge on any atom is -0.103 e.